The van der Waals surface area contributed by atoms with Crippen LogP contribution in [0.4, 0.5) is 5.13 Å². The summed E-state index contributed by atoms with van der Waals surface area (Å²) in [6.45, 7) is 1.27. The molecule has 140 valence electrons. The molecule has 1 amide bonds. The van der Waals surface area contributed by atoms with Gasteiger partial charge in [0.05, 0.1) is 17.3 Å². The molecule has 0 aliphatic heterocycles. The number of anilines is 1. The Kier molecular flexibility index (Phi) is 6.57. The molecule has 3 rings (SSSR count). The summed E-state index contributed by atoms with van der Waals surface area (Å²) in [5, 5.41) is 4.90. The summed E-state index contributed by atoms with van der Waals surface area (Å²) in [7, 11) is 7.39. The maximum atomic E-state index is 12.9. The number of benzene rings is 1. The summed E-state index contributed by atoms with van der Waals surface area (Å²) in [6.07, 6.45) is 1.76. The Morgan fingerprint density at radius 1 is 1.27 bits per heavy atom. The maximum absolute atomic E-state index is 12.9. The highest BCUT2D eigenvalue weighted by atomic mass is 35.5. The van der Waals surface area contributed by atoms with Crippen molar-refractivity contribution < 1.29 is 9.53 Å². The Labute approximate surface area is 162 Å². The monoisotopic (exact) mass is 395 g/mol. The fraction of sp³-hybridized carbons (Fsp3) is 0.353. The largest absolute Gasteiger partial charge is 0.497 e. The van der Waals surface area contributed by atoms with Gasteiger partial charge in [0.2, 0.25) is 0 Å². The molecule has 0 bridgehead atoms. The number of fused-ring (bicyclic) bond motifs is 1. The van der Waals surface area contributed by atoms with E-state index in [-0.39, 0.29) is 18.3 Å². The lowest BCUT2D eigenvalue weighted by Gasteiger charge is -2.21. The van der Waals surface area contributed by atoms with E-state index >= 15 is 0 Å². The van der Waals surface area contributed by atoms with Gasteiger partial charge in [-0.3, -0.25) is 14.4 Å². The van der Waals surface area contributed by atoms with Crippen molar-refractivity contribution in [1.82, 2.24) is 19.7 Å². The number of hydrogen-bond acceptors (Lipinski definition) is 6. The van der Waals surface area contributed by atoms with E-state index in [2.05, 4.69) is 10.1 Å². The van der Waals surface area contributed by atoms with Crippen LogP contribution in [0.3, 0.4) is 0 Å². The van der Waals surface area contributed by atoms with Gasteiger partial charge in [-0.15, -0.1) is 12.4 Å². The van der Waals surface area contributed by atoms with Crippen molar-refractivity contribution in [2.24, 2.45) is 7.05 Å². The van der Waals surface area contributed by atoms with Crippen LogP contribution in [0.25, 0.3) is 10.2 Å². The number of amides is 1. The number of ether oxygens (including phenoxy) is 1. The van der Waals surface area contributed by atoms with E-state index in [0.717, 1.165) is 22.5 Å². The molecule has 0 atom stereocenters. The Balaban J connectivity index is 0.00000243. The smallest absolute Gasteiger partial charge is 0.280 e. The average Bonchev–Trinajstić information content (AvgIpc) is 3.19. The van der Waals surface area contributed by atoms with Gasteiger partial charge in [-0.05, 0) is 38.4 Å². The third kappa shape index (κ3) is 4.32. The summed E-state index contributed by atoms with van der Waals surface area (Å²) >= 11 is 1.48. The number of rotatable bonds is 6. The van der Waals surface area contributed by atoms with Crippen LogP contribution in [0.15, 0.2) is 30.5 Å². The molecule has 2 heterocycles. The second-order valence-corrected chi connectivity index (χ2v) is 6.97. The van der Waals surface area contributed by atoms with Crippen molar-refractivity contribution in [2.75, 3.05) is 39.2 Å². The first-order valence-electron chi connectivity index (χ1n) is 7.89. The summed E-state index contributed by atoms with van der Waals surface area (Å²) in [5.41, 5.74) is 1.27. The molecule has 0 radical (unpaired) electrons. The molecule has 0 aliphatic rings. The summed E-state index contributed by atoms with van der Waals surface area (Å²) in [4.78, 5) is 21.3. The van der Waals surface area contributed by atoms with Gasteiger partial charge >= 0.3 is 0 Å². The van der Waals surface area contributed by atoms with E-state index in [1.165, 1.54) is 11.3 Å². The molecular weight excluding hydrogens is 374 g/mol. The van der Waals surface area contributed by atoms with E-state index in [4.69, 9.17) is 4.74 Å². The third-order valence-corrected chi connectivity index (χ3v) is 4.81. The van der Waals surface area contributed by atoms with Crippen molar-refractivity contribution in [3.05, 3.63) is 36.2 Å². The first kappa shape index (κ1) is 20.2. The lowest BCUT2D eigenvalue weighted by molar-refractivity contribution is 0.0979. The van der Waals surface area contributed by atoms with Crippen LogP contribution in [0.1, 0.15) is 10.5 Å². The number of nitrogens with zero attached hydrogens (tertiary/aromatic N) is 5. The van der Waals surface area contributed by atoms with Crippen LogP contribution >= 0.6 is 23.7 Å². The zero-order valence-electron chi connectivity index (χ0n) is 15.2. The van der Waals surface area contributed by atoms with Crippen LogP contribution in [0, 0.1) is 0 Å². The van der Waals surface area contributed by atoms with Gasteiger partial charge in [0.25, 0.3) is 5.91 Å². The number of thiazole rings is 1. The number of aromatic nitrogens is 3. The number of halogens is 1. The second-order valence-electron chi connectivity index (χ2n) is 5.96. The molecule has 3 aromatic rings. The lowest BCUT2D eigenvalue weighted by atomic mass is 10.3. The second kappa shape index (κ2) is 8.48. The fourth-order valence-electron chi connectivity index (χ4n) is 2.39. The Bertz CT molecular complexity index is 892. The Hall–Kier alpha value is -2.16. The molecule has 2 aromatic heterocycles. The molecule has 0 fully saturated rings. The van der Waals surface area contributed by atoms with Gasteiger partial charge in [0, 0.05) is 26.3 Å². The zero-order valence-corrected chi connectivity index (χ0v) is 16.8. The van der Waals surface area contributed by atoms with E-state index in [9.17, 15) is 4.79 Å². The molecule has 7 nitrogen and oxygen atoms in total. The molecule has 1 aromatic carbocycles. The van der Waals surface area contributed by atoms with E-state index in [1.807, 2.05) is 37.2 Å². The maximum Gasteiger partial charge on any atom is 0.280 e. The molecule has 0 saturated carbocycles. The highest BCUT2D eigenvalue weighted by Crippen LogP contribution is 2.32. The summed E-state index contributed by atoms with van der Waals surface area (Å²) in [6, 6.07) is 7.44. The first-order chi connectivity index (χ1) is 12.0. The third-order valence-electron chi connectivity index (χ3n) is 3.76. The lowest BCUT2D eigenvalue weighted by Crippen LogP contribution is -2.37. The fourth-order valence-corrected chi connectivity index (χ4v) is 3.41. The van der Waals surface area contributed by atoms with E-state index in [1.54, 1.807) is 36.0 Å². The highest BCUT2D eigenvalue weighted by Gasteiger charge is 2.23. The highest BCUT2D eigenvalue weighted by molar-refractivity contribution is 7.22. The number of aryl methyl sites for hydroxylation is 1. The molecule has 0 N–H and O–H groups in total. The van der Waals surface area contributed by atoms with Crippen LogP contribution in [-0.4, -0.2) is 59.9 Å². The van der Waals surface area contributed by atoms with Crippen molar-refractivity contribution in [2.45, 2.75) is 0 Å². The number of methoxy groups -OCH3 is 1. The predicted octanol–water partition coefficient (Wildman–Crippen LogP) is 2.67. The Morgan fingerprint density at radius 2 is 2.04 bits per heavy atom. The normalized spacial score (nSPS) is 10.8. The van der Waals surface area contributed by atoms with E-state index < -0.39 is 0 Å². The van der Waals surface area contributed by atoms with Gasteiger partial charge in [0.15, 0.2) is 10.8 Å². The van der Waals surface area contributed by atoms with Crippen molar-refractivity contribution in [3.63, 3.8) is 0 Å². The minimum Gasteiger partial charge on any atom is -0.497 e. The number of likely N-dealkylation sites (N-methyl/N-ethyl adjacent to an activating group) is 1. The zero-order chi connectivity index (χ0) is 18.0. The van der Waals surface area contributed by atoms with Gasteiger partial charge in [-0.2, -0.15) is 5.10 Å². The van der Waals surface area contributed by atoms with Crippen molar-refractivity contribution in [1.29, 1.82) is 0 Å². The molecule has 0 unspecified atom stereocenters. The number of carbonyl (C=O) groups excluding carboxylic acids is 1. The van der Waals surface area contributed by atoms with Crippen LogP contribution in [0.5, 0.6) is 5.75 Å². The number of carbonyl (C=O) groups is 1. The first-order valence-corrected chi connectivity index (χ1v) is 8.70. The topological polar surface area (TPSA) is 63.5 Å². The molecular formula is C17H22ClN5O2S. The Morgan fingerprint density at radius 3 is 2.65 bits per heavy atom. The molecule has 26 heavy (non-hydrogen) atoms. The quantitative estimate of drug-likeness (QED) is 0.642. The van der Waals surface area contributed by atoms with Gasteiger partial charge < -0.3 is 9.64 Å². The standard InChI is InChI=1S/C17H21N5O2S.ClH/c1-20(2)9-10-22(16(23)14-7-8-21(3)19-14)17-18-13-6-5-12(24-4)11-15(13)25-17;/h5-8,11H,9-10H2,1-4H3;1H. The van der Waals surface area contributed by atoms with Crippen LogP contribution in [0.2, 0.25) is 0 Å². The van der Waals surface area contributed by atoms with Crippen LogP contribution < -0.4 is 9.64 Å². The number of hydrogen-bond donors (Lipinski definition) is 0. The minimum absolute atomic E-state index is 0. The summed E-state index contributed by atoms with van der Waals surface area (Å²) in [5.74, 6) is 0.632. The molecule has 9 heteroatoms. The predicted molar refractivity (Wildman–Crippen MR) is 107 cm³/mol. The van der Waals surface area contributed by atoms with Gasteiger partial charge in [0.1, 0.15) is 5.75 Å². The van der Waals surface area contributed by atoms with Gasteiger partial charge in [-0.1, -0.05) is 11.3 Å². The van der Waals surface area contributed by atoms with E-state index in [0.29, 0.717) is 17.4 Å². The SMILES string of the molecule is COc1ccc2nc(N(CCN(C)C)C(=O)c3ccn(C)n3)sc2c1.Cl. The van der Waals surface area contributed by atoms with Crippen molar-refractivity contribution in [3.8, 4) is 5.75 Å². The van der Waals surface area contributed by atoms with Gasteiger partial charge in [-0.25, -0.2) is 4.98 Å². The molecule has 0 aliphatic carbocycles. The van der Waals surface area contributed by atoms with Crippen LogP contribution in [-0.2, 0) is 7.05 Å². The molecule has 0 saturated heterocycles. The van der Waals surface area contributed by atoms with Crippen molar-refractivity contribution >= 4 is 45.0 Å². The summed E-state index contributed by atoms with van der Waals surface area (Å²) < 4.78 is 7.88. The average molecular weight is 396 g/mol. The molecule has 0 spiro atoms. The minimum atomic E-state index is -0.145.